The number of aromatic nitrogens is 1. The molecule has 7 nitrogen and oxygen atoms in total. The number of hydrogen-bond donors (Lipinski definition) is 1. The van der Waals surface area contributed by atoms with E-state index >= 15 is 0 Å². The summed E-state index contributed by atoms with van der Waals surface area (Å²) in [5.41, 5.74) is 2.39. The molecular weight excluding hydrogens is 334 g/mol. The minimum atomic E-state index is -0.304. The van der Waals surface area contributed by atoms with E-state index in [0.29, 0.717) is 18.8 Å². The molecule has 1 aliphatic rings. The van der Waals surface area contributed by atoms with Crippen LogP contribution in [0, 0.1) is 6.92 Å². The number of hydrogen-bond acceptors (Lipinski definition) is 5. The molecule has 0 saturated heterocycles. The van der Waals surface area contributed by atoms with Crippen LogP contribution in [0.3, 0.4) is 0 Å². The maximum Gasteiger partial charge on any atom is 0.273 e. The van der Waals surface area contributed by atoms with E-state index in [1.54, 1.807) is 11.0 Å². The van der Waals surface area contributed by atoms with Crippen LogP contribution in [0.1, 0.15) is 40.2 Å². The molecule has 2 aromatic rings. The summed E-state index contributed by atoms with van der Waals surface area (Å²) in [7, 11) is 1.49. The summed E-state index contributed by atoms with van der Waals surface area (Å²) >= 11 is 0. The number of amides is 2. The van der Waals surface area contributed by atoms with Crippen LogP contribution >= 0.6 is 0 Å². The van der Waals surface area contributed by atoms with Gasteiger partial charge in [-0.15, -0.1) is 0 Å². The SMILES string of the molecule is COCC(=O)N(Cc1cc(C(=O)NCc2ccc(C)cc2)no1)C1CC1. The number of nitrogens with zero attached hydrogens (tertiary/aromatic N) is 2. The number of carbonyl (C=O) groups excluding carboxylic acids is 2. The topological polar surface area (TPSA) is 84.7 Å². The Morgan fingerprint density at radius 3 is 2.69 bits per heavy atom. The zero-order chi connectivity index (χ0) is 18.5. The van der Waals surface area contributed by atoms with Crippen LogP contribution in [0.4, 0.5) is 0 Å². The summed E-state index contributed by atoms with van der Waals surface area (Å²) in [5, 5.41) is 6.64. The first kappa shape index (κ1) is 18.1. The first-order valence-electron chi connectivity index (χ1n) is 8.64. The molecule has 1 aliphatic carbocycles. The lowest BCUT2D eigenvalue weighted by molar-refractivity contribution is -0.136. The third-order valence-electron chi connectivity index (χ3n) is 4.27. The Morgan fingerprint density at radius 1 is 1.31 bits per heavy atom. The predicted octanol–water partition coefficient (Wildman–Crippen LogP) is 2.05. The molecule has 1 aromatic heterocycles. The molecular formula is C19H23N3O4. The average Bonchev–Trinajstić information content (AvgIpc) is 3.36. The van der Waals surface area contributed by atoms with Crippen LogP contribution in [0.25, 0.3) is 0 Å². The molecule has 1 heterocycles. The lowest BCUT2D eigenvalue weighted by Gasteiger charge is -2.20. The highest BCUT2D eigenvalue weighted by atomic mass is 16.5. The third kappa shape index (κ3) is 4.70. The highest BCUT2D eigenvalue weighted by Crippen LogP contribution is 2.28. The molecule has 138 valence electrons. The molecule has 0 atom stereocenters. The largest absolute Gasteiger partial charge is 0.375 e. The number of benzene rings is 1. The minimum Gasteiger partial charge on any atom is -0.375 e. The fourth-order valence-corrected chi connectivity index (χ4v) is 2.65. The monoisotopic (exact) mass is 357 g/mol. The van der Waals surface area contributed by atoms with E-state index in [0.717, 1.165) is 18.4 Å². The van der Waals surface area contributed by atoms with E-state index in [1.807, 2.05) is 31.2 Å². The van der Waals surface area contributed by atoms with Gasteiger partial charge in [-0.1, -0.05) is 35.0 Å². The van der Waals surface area contributed by atoms with Crippen molar-refractivity contribution in [3.05, 3.63) is 52.9 Å². The number of carbonyl (C=O) groups is 2. The zero-order valence-corrected chi connectivity index (χ0v) is 15.0. The second-order valence-corrected chi connectivity index (χ2v) is 6.53. The van der Waals surface area contributed by atoms with Gasteiger partial charge in [-0.25, -0.2) is 0 Å². The van der Waals surface area contributed by atoms with E-state index in [1.165, 1.54) is 12.7 Å². The minimum absolute atomic E-state index is 0.0362. The van der Waals surface area contributed by atoms with Crippen LogP contribution in [0.2, 0.25) is 0 Å². The van der Waals surface area contributed by atoms with Gasteiger partial charge in [0.05, 0.1) is 6.54 Å². The van der Waals surface area contributed by atoms with E-state index < -0.39 is 0 Å². The Labute approximate surface area is 152 Å². The van der Waals surface area contributed by atoms with E-state index in [9.17, 15) is 9.59 Å². The number of rotatable bonds is 8. The Hall–Kier alpha value is -2.67. The van der Waals surface area contributed by atoms with Crippen LogP contribution in [0.5, 0.6) is 0 Å². The van der Waals surface area contributed by atoms with Crippen molar-refractivity contribution in [1.29, 1.82) is 0 Å². The second kappa shape index (κ2) is 8.14. The molecule has 2 amide bonds. The maximum atomic E-state index is 12.2. The Kier molecular flexibility index (Phi) is 5.68. The summed E-state index contributed by atoms with van der Waals surface area (Å²) in [6, 6.07) is 9.75. The van der Waals surface area contributed by atoms with Crippen molar-refractivity contribution in [3.8, 4) is 0 Å². The molecule has 7 heteroatoms. The highest BCUT2D eigenvalue weighted by Gasteiger charge is 2.33. The third-order valence-corrected chi connectivity index (χ3v) is 4.27. The van der Waals surface area contributed by atoms with Gasteiger partial charge in [-0.3, -0.25) is 9.59 Å². The van der Waals surface area contributed by atoms with Crippen LogP contribution in [-0.2, 0) is 22.6 Å². The van der Waals surface area contributed by atoms with Gasteiger partial charge in [-0.05, 0) is 25.3 Å². The highest BCUT2D eigenvalue weighted by molar-refractivity contribution is 5.92. The molecule has 1 fully saturated rings. The molecule has 0 spiro atoms. The average molecular weight is 357 g/mol. The van der Waals surface area contributed by atoms with Crippen molar-refractivity contribution < 1.29 is 18.8 Å². The van der Waals surface area contributed by atoms with Crippen molar-refractivity contribution in [3.63, 3.8) is 0 Å². The van der Waals surface area contributed by atoms with Gasteiger partial charge in [0.1, 0.15) is 6.61 Å². The molecule has 0 bridgehead atoms. The zero-order valence-electron chi connectivity index (χ0n) is 15.0. The molecule has 0 unspecified atom stereocenters. The lowest BCUT2D eigenvalue weighted by Crippen LogP contribution is -2.35. The predicted molar refractivity (Wildman–Crippen MR) is 94.3 cm³/mol. The quantitative estimate of drug-likeness (QED) is 0.782. The normalized spacial score (nSPS) is 13.5. The van der Waals surface area contributed by atoms with Crippen molar-refractivity contribution in [2.75, 3.05) is 13.7 Å². The van der Waals surface area contributed by atoms with E-state index in [2.05, 4.69) is 10.5 Å². The summed E-state index contributed by atoms with van der Waals surface area (Å²) in [5.74, 6) is 0.0976. The number of ether oxygens (including phenoxy) is 1. The van der Waals surface area contributed by atoms with Gasteiger partial charge in [0.25, 0.3) is 5.91 Å². The number of methoxy groups -OCH3 is 1. The molecule has 0 aliphatic heterocycles. The Balaban J connectivity index is 1.56. The summed E-state index contributed by atoms with van der Waals surface area (Å²) in [4.78, 5) is 26.1. The number of aryl methyl sites for hydroxylation is 1. The first-order valence-corrected chi connectivity index (χ1v) is 8.64. The summed E-state index contributed by atoms with van der Waals surface area (Å²) < 4.78 is 10.2. The van der Waals surface area contributed by atoms with Gasteiger partial charge in [0.2, 0.25) is 5.91 Å². The van der Waals surface area contributed by atoms with Crippen molar-refractivity contribution in [2.24, 2.45) is 0 Å². The molecule has 1 aromatic carbocycles. The Morgan fingerprint density at radius 2 is 2.04 bits per heavy atom. The van der Waals surface area contributed by atoms with Crippen molar-refractivity contribution in [2.45, 2.75) is 38.9 Å². The summed E-state index contributed by atoms with van der Waals surface area (Å²) in [6.07, 6.45) is 1.96. The molecule has 1 N–H and O–H groups in total. The standard InChI is InChI=1S/C19H23N3O4/c1-13-3-5-14(6-4-13)10-20-19(24)17-9-16(26-21-17)11-22(15-7-8-15)18(23)12-25-2/h3-6,9,15H,7-8,10-12H2,1-2H3,(H,20,24). The van der Waals surface area contributed by atoms with Crippen LogP contribution in [0.15, 0.2) is 34.9 Å². The summed E-state index contributed by atoms with van der Waals surface area (Å²) in [6.45, 7) is 2.77. The van der Waals surface area contributed by atoms with Gasteiger partial charge < -0.3 is 19.5 Å². The molecule has 0 radical (unpaired) electrons. The fraction of sp³-hybridized carbons (Fsp3) is 0.421. The number of nitrogens with one attached hydrogen (secondary N) is 1. The van der Waals surface area contributed by atoms with Crippen LogP contribution in [-0.4, -0.2) is 41.6 Å². The van der Waals surface area contributed by atoms with Gasteiger partial charge in [-0.2, -0.15) is 0 Å². The molecule has 1 saturated carbocycles. The smallest absolute Gasteiger partial charge is 0.273 e. The maximum absolute atomic E-state index is 12.2. The van der Waals surface area contributed by atoms with Crippen molar-refractivity contribution in [1.82, 2.24) is 15.4 Å². The van der Waals surface area contributed by atoms with Gasteiger partial charge in [0, 0.05) is 25.8 Å². The molecule has 3 rings (SSSR count). The first-order chi connectivity index (χ1) is 12.6. The van der Waals surface area contributed by atoms with Gasteiger partial charge >= 0.3 is 0 Å². The second-order valence-electron chi connectivity index (χ2n) is 6.53. The van der Waals surface area contributed by atoms with E-state index in [-0.39, 0.29) is 30.2 Å². The Bertz CT molecular complexity index is 765. The lowest BCUT2D eigenvalue weighted by atomic mass is 10.1. The van der Waals surface area contributed by atoms with Gasteiger partial charge in [0.15, 0.2) is 11.5 Å². The molecule has 26 heavy (non-hydrogen) atoms. The fourth-order valence-electron chi connectivity index (χ4n) is 2.65. The van der Waals surface area contributed by atoms with Crippen molar-refractivity contribution >= 4 is 11.8 Å². The van der Waals surface area contributed by atoms with E-state index in [4.69, 9.17) is 9.26 Å². The van der Waals surface area contributed by atoms with Crippen LogP contribution < -0.4 is 5.32 Å².